The van der Waals surface area contributed by atoms with Crippen LogP contribution in [0.4, 0.5) is 4.79 Å². The molecule has 3 rings (SSSR count). The topological polar surface area (TPSA) is 51.1 Å². The number of allylic oxidation sites excluding steroid dienone is 1. The summed E-state index contributed by atoms with van der Waals surface area (Å²) in [7, 11) is 0. The molecule has 2 atom stereocenters. The van der Waals surface area contributed by atoms with Crippen LogP contribution in [0.15, 0.2) is 16.6 Å². The van der Waals surface area contributed by atoms with Crippen molar-refractivity contribution in [2.24, 2.45) is 10.9 Å². The molecule has 1 amide bonds. The monoisotopic (exact) mass is 334 g/mol. The van der Waals surface area contributed by atoms with Crippen molar-refractivity contribution in [3.05, 3.63) is 11.6 Å². The van der Waals surface area contributed by atoms with Gasteiger partial charge in [-0.1, -0.05) is 19.9 Å². The normalized spacial score (nSPS) is 29.9. The maximum Gasteiger partial charge on any atom is 0.411 e. The number of aliphatic imine (C=N–C) groups is 1. The van der Waals surface area contributed by atoms with Gasteiger partial charge in [0.1, 0.15) is 12.2 Å². The summed E-state index contributed by atoms with van der Waals surface area (Å²) in [5.74, 6) is 1.22. The van der Waals surface area contributed by atoms with E-state index in [-0.39, 0.29) is 17.7 Å². The van der Waals surface area contributed by atoms with Crippen LogP contribution >= 0.6 is 0 Å². The third kappa shape index (κ3) is 3.05. The van der Waals surface area contributed by atoms with E-state index in [0.29, 0.717) is 12.5 Å². The first-order valence-electron chi connectivity index (χ1n) is 9.15. The largest absolute Gasteiger partial charge is 0.475 e. The smallest absolute Gasteiger partial charge is 0.411 e. The molecule has 134 valence electrons. The molecule has 1 spiro atoms. The summed E-state index contributed by atoms with van der Waals surface area (Å²) in [5, 5.41) is 0. The van der Waals surface area contributed by atoms with Gasteiger partial charge in [0.05, 0.1) is 11.6 Å². The lowest BCUT2D eigenvalue weighted by Gasteiger charge is -2.38. The molecule has 2 heterocycles. The van der Waals surface area contributed by atoms with E-state index >= 15 is 0 Å². The van der Waals surface area contributed by atoms with Gasteiger partial charge in [0.25, 0.3) is 0 Å². The van der Waals surface area contributed by atoms with Crippen molar-refractivity contribution in [3.63, 3.8) is 0 Å². The molecule has 2 aliphatic heterocycles. The van der Waals surface area contributed by atoms with Crippen LogP contribution < -0.4 is 0 Å². The van der Waals surface area contributed by atoms with Crippen molar-refractivity contribution in [2.75, 3.05) is 13.2 Å². The number of carbonyl (C=O) groups is 1. The summed E-state index contributed by atoms with van der Waals surface area (Å²) < 4.78 is 11.6. The summed E-state index contributed by atoms with van der Waals surface area (Å²) in [6.07, 6.45) is 5.86. The molecule has 0 saturated carbocycles. The predicted octanol–water partition coefficient (Wildman–Crippen LogP) is 3.93. The zero-order chi connectivity index (χ0) is 17.5. The van der Waals surface area contributed by atoms with Gasteiger partial charge in [-0.05, 0) is 52.4 Å². The maximum atomic E-state index is 12.8. The van der Waals surface area contributed by atoms with Crippen LogP contribution in [0.5, 0.6) is 0 Å². The quantitative estimate of drug-likeness (QED) is 0.769. The second-order valence-corrected chi connectivity index (χ2v) is 8.48. The molecule has 0 aromatic heterocycles. The maximum absolute atomic E-state index is 12.8. The summed E-state index contributed by atoms with van der Waals surface area (Å²) in [5.41, 5.74) is 0.342. The van der Waals surface area contributed by atoms with Crippen LogP contribution in [0.2, 0.25) is 0 Å². The zero-order valence-electron chi connectivity index (χ0n) is 15.6. The number of likely N-dealkylation sites (tertiary alicyclic amines) is 1. The SMILES string of the molecule is CC(C)[C@@H]1COC(C2=CCC[C@]23CCCN3C(=O)OC(C)(C)C)=N1. The molecule has 24 heavy (non-hydrogen) atoms. The standard InChI is InChI=1S/C19H30N2O3/c1-13(2)15-12-23-16(20-15)14-8-6-9-19(14)10-7-11-21(19)17(22)24-18(3,4)5/h8,13,15H,6-7,9-12H2,1-5H3/t15-,19-/m0/s1. The third-order valence-corrected chi connectivity index (χ3v) is 5.18. The molecular formula is C19H30N2O3. The fourth-order valence-corrected chi connectivity index (χ4v) is 3.95. The van der Waals surface area contributed by atoms with Gasteiger partial charge in [0, 0.05) is 12.1 Å². The van der Waals surface area contributed by atoms with Crippen LogP contribution in [-0.4, -0.2) is 47.2 Å². The Morgan fingerprint density at radius 1 is 1.42 bits per heavy atom. The summed E-state index contributed by atoms with van der Waals surface area (Å²) in [6.45, 7) is 11.5. The molecule has 1 fully saturated rings. The lowest BCUT2D eigenvalue weighted by atomic mass is 9.88. The minimum atomic E-state index is -0.479. The van der Waals surface area contributed by atoms with E-state index in [2.05, 4.69) is 19.9 Å². The fraction of sp³-hybridized carbons (Fsp3) is 0.789. The predicted molar refractivity (Wildman–Crippen MR) is 94.2 cm³/mol. The number of amides is 1. The summed E-state index contributed by atoms with van der Waals surface area (Å²) in [6, 6.07) is 0.218. The third-order valence-electron chi connectivity index (χ3n) is 5.18. The number of rotatable bonds is 2. The number of hydrogen-bond donors (Lipinski definition) is 0. The highest BCUT2D eigenvalue weighted by atomic mass is 16.6. The highest BCUT2D eigenvalue weighted by Crippen LogP contribution is 2.46. The van der Waals surface area contributed by atoms with Crippen molar-refractivity contribution in [1.82, 2.24) is 4.90 Å². The first-order valence-corrected chi connectivity index (χ1v) is 9.15. The Hall–Kier alpha value is -1.52. The van der Waals surface area contributed by atoms with Gasteiger partial charge in [-0.3, -0.25) is 4.90 Å². The molecule has 0 aromatic carbocycles. The van der Waals surface area contributed by atoms with Gasteiger partial charge >= 0.3 is 6.09 Å². The van der Waals surface area contributed by atoms with Crippen molar-refractivity contribution >= 4 is 12.0 Å². The van der Waals surface area contributed by atoms with E-state index < -0.39 is 5.60 Å². The Morgan fingerprint density at radius 3 is 2.79 bits per heavy atom. The van der Waals surface area contributed by atoms with Crippen molar-refractivity contribution in [3.8, 4) is 0 Å². The second kappa shape index (κ2) is 6.08. The Bertz CT molecular complexity index is 574. The molecule has 0 N–H and O–H groups in total. The first-order chi connectivity index (χ1) is 11.2. The van der Waals surface area contributed by atoms with Gasteiger partial charge in [-0.25, -0.2) is 9.79 Å². The van der Waals surface area contributed by atoms with Gasteiger partial charge in [-0.2, -0.15) is 0 Å². The molecule has 1 saturated heterocycles. The van der Waals surface area contributed by atoms with Gasteiger partial charge in [0.2, 0.25) is 5.90 Å². The number of hydrogen-bond acceptors (Lipinski definition) is 4. The number of carbonyl (C=O) groups excluding carboxylic acids is 1. The van der Waals surface area contributed by atoms with E-state index in [1.165, 1.54) is 0 Å². The van der Waals surface area contributed by atoms with Crippen LogP contribution in [0, 0.1) is 5.92 Å². The highest BCUT2D eigenvalue weighted by Gasteiger charge is 2.51. The molecule has 5 heteroatoms. The Kier molecular flexibility index (Phi) is 4.39. The molecule has 0 unspecified atom stereocenters. The number of nitrogens with zero attached hydrogens (tertiary/aromatic N) is 2. The van der Waals surface area contributed by atoms with E-state index in [4.69, 9.17) is 14.5 Å². The van der Waals surface area contributed by atoms with Gasteiger partial charge in [-0.15, -0.1) is 0 Å². The van der Waals surface area contributed by atoms with Crippen molar-refractivity contribution < 1.29 is 14.3 Å². The fourth-order valence-electron chi connectivity index (χ4n) is 3.95. The Morgan fingerprint density at radius 2 is 2.17 bits per heavy atom. The molecule has 0 bridgehead atoms. The van der Waals surface area contributed by atoms with Gasteiger partial charge < -0.3 is 9.47 Å². The van der Waals surface area contributed by atoms with Crippen molar-refractivity contribution in [2.45, 2.75) is 77.5 Å². The molecule has 3 aliphatic rings. The van der Waals surface area contributed by atoms with E-state index in [1.54, 1.807) is 0 Å². The number of ether oxygens (including phenoxy) is 2. The van der Waals surface area contributed by atoms with E-state index in [9.17, 15) is 4.79 Å². The first kappa shape index (κ1) is 17.3. The lowest BCUT2D eigenvalue weighted by Crippen LogP contribution is -2.50. The van der Waals surface area contributed by atoms with E-state index in [1.807, 2.05) is 25.7 Å². The minimum absolute atomic E-state index is 0.216. The lowest BCUT2D eigenvalue weighted by molar-refractivity contribution is 0.0138. The van der Waals surface area contributed by atoms with E-state index in [0.717, 1.165) is 43.7 Å². The molecule has 0 aromatic rings. The minimum Gasteiger partial charge on any atom is -0.475 e. The molecular weight excluding hydrogens is 304 g/mol. The highest BCUT2D eigenvalue weighted by molar-refractivity contribution is 5.98. The average Bonchev–Trinajstić information content (AvgIpc) is 3.17. The molecule has 5 nitrogen and oxygen atoms in total. The second-order valence-electron chi connectivity index (χ2n) is 8.48. The summed E-state index contributed by atoms with van der Waals surface area (Å²) >= 11 is 0. The van der Waals surface area contributed by atoms with Crippen LogP contribution in [-0.2, 0) is 9.47 Å². The average molecular weight is 334 g/mol. The van der Waals surface area contributed by atoms with Crippen LogP contribution in [0.1, 0.15) is 60.3 Å². The van der Waals surface area contributed by atoms with Crippen molar-refractivity contribution in [1.29, 1.82) is 0 Å². The van der Waals surface area contributed by atoms with Crippen LogP contribution in [0.25, 0.3) is 0 Å². The summed E-state index contributed by atoms with van der Waals surface area (Å²) in [4.78, 5) is 19.5. The molecule has 0 radical (unpaired) electrons. The Labute approximate surface area is 145 Å². The van der Waals surface area contributed by atoms with Crippen LogP contribution in [0.3, 0.4) is 0 Å². The van der Waals surface area contributed by atoms with Gasteiger partial charge in [0.15, 0.2) is 0 Å². The zero-order valence-corrected chi connectivity index (χ0v) is 15.6. The Balaban J connectivity index is 1.85. The molecule has 1 aliphatic carbocycles.